The monoisotopic (exact) mass is 308 g/mol. The van der Waals surface area contributed by atoms with Gasteiger partial charge in [-0.15, -0.1) is 0 Å². The predicted octanol–water partition coefficient (Wildman–Crippen LogP) is 2.49. The summed E-state index contributed by atoms with van der Waals surface area (Å²) in [6, 6.07) is 13.1. The first-order chi connectivity index (χ1) is 11.3. The first-order valence-corrected chi connectivity index (χ1v) is 7.39. The fraction of sp³-hybridized carbons (Fsp3) is 0.176. The number of rotatable bonds is 6. The first kappa shape index (κ1) is 14.9. The average Bonchev–Trinajstić information content (AvgIpc) is 3.10. The number of aromatic nitrogens is 3. The number of nitrogens with zero attached hydrogens (tertiary/aromatic N) is 3. The molecule has 1 aromatic carbocycles. The number of hydrogen-bond donors (Lipinski definition) is 1. The van der Waals surface area contributed by atoms with Crippen molar-refractivity contribution in [1.29, 1.82) is 0 Å². The van der Waals surface area contributed by atoms with Gasteiger partial charge in [-0.1, -0.05) is 35.5 Å². The van der Waals surface area contributed by atoms with E-state index in [1.807, 2.05) is 36.4 Å². The number of amides is 1. The Labute approximate surface area is 133 Å². The molecule has 6 nitrogen and oxygen atoms in total. The molecule has 1 N–H and O–H groups in total. The number of hydrogen-bond acceptors (Lipinski definition) is 5. The van der Waals surface area contributed by atoms with Gasteiger partial charge in [-0.2, -0.15) is 10.2 Å². The lowest BCUT2D eigenvalue weighted by atomic mass is 10.1. The summed E-state index contributed by atoms with van der Waals surface area (Å²) >= 11 is 0. The van der Waals surface area contributed by atoms with Gasteiger partial charge in [-0.05, 0) is 24.5 Å². The molecule has 2 aromatic heterocycles. The van der Waals surface area contributed by atoms with Crippen molar-refractivity contribution >= 4 is 5.91 Å². The first-order valence-electron chi connectivity index (χ1n) is 7.39. The number of nitrogens with one attached hydrogen (secondary N) is 1. The van der Waals surface area contributed by atoms with Gasteiger partial charge >= 0.3 is 0 Å². The Morgan fingerprint density at radius 2 is 2.00 bits per heavy atom. The third-order valence-electron chi connectivity index (χ3n) is 3.37. The molecule has 3 aromatic rings. The van der Waals surface area contributed by atoms with Gasteiger partial charge < -0.3 is 9.84 Å². The summed E-state index contributed by atoms with van der Waals surface area (Å²) in [7, 11) is 0. The summed E-state index contributed by atoms with van der Waals surface area (Å²) in [5.74, 6) is 0.349. The van der Waals surface area contributed by atoms with Crippen molar-refractivity contribution in [3.63, 3.8) is 0 Å². The minimum Gasteiger partial charge on any atom is -0.355 e. The molecule has 6 heteroatoms. The zero-order valence-corrected chi connectivity index (χ0v) is 12.5. The molecule has 0 bridgehead atoms. The Hall–Kier alpha value is -3.02. The number of carbonyl (C=O) groups is 1. The van der Waals surface area contributed by atoms with Crippen molar-refractivity contribution < 1.29 is 9.32 Å². The second kappa shape index (κ2) is 7.31. The van der Waals surface area contributed by atoms with Crippen molar-refractivity contribution in [2.75, 3.05) is 6.54 Å². The molecular weight excluding hydrogens is 292 g/mol. The van der Waals surface area contributed by atoms with Gasteiger partial charge in [-0.25, -0.2) is 0 Å². The van der Waals surface area contributed by atoms with Gasteiger partial charge in [0.15, 0.2) is 11.5 Å². The van der Waals surface area contributed by atoms with E-state index in [0.717, 1.165) is 24.0 Å². The Morgan fingerprint density at radius 1 is 1.13 bits per heavy atom. The maximum Gasteiger partial charge on any atom is 0.273 e. The van der Waals surface area contributed by atoms with E-state index in [0.29, 0.717) is 12.3 Å². The molecule has 0 aliphatic rings. The molecule has 0 fully saturated rings. The van der Waals surface area contributed by atoms with Crippen LogP contribution in [0.1, 0.15) is 22.5 Å². The lowest BCUT2D eigenvalue weighted by Gasteiger charge is -2.02. The molecule has 0 saturated carbocycles. The number of benzene rings is 1. The lowest BCUT2D eigenvalue weighted by Crippen LogP contribution is -2.25. The third kappa shape index (κ3) is 4.00. The largest absolute Gasteiger partial charge is 0.355 e. The number of aryl methyl sites for hydroxylation is 1. The van der Waals surface area contributed by atoms with Crippen LogP contribution >= 0.6 is 0 Å². The van der Waals surface area contributed by atoms with Gasteiger partial charge in [0.25, 0.3) is 5.91 Å². The summed E-state index contributed by atoms with van der Waals surface area (Å²) in [6.07, 6.45) is 5.05. The molecule has 0 spiro atoms. The Kier molecular flexibility index (Phi) is 4.73. The van der Waals surface area contributed by atoms with Gasteiger partial charge in [0.1, 0.15) is 0 Å². The maximum atomic E-state index is 12.0. The highest BCUT2D eigenvalue weighted by Crippen LogP contribution is 2.19. The molecular formula is C17H16N4O2. The van der Waals surface area contributed by atoms with E-state index >= 15 is 0 Å². The fourth-order valence-corrected chi connectivity index (χ4v) is 2.17. The van der Waals surface area contributed by atoms with Crippen molar-refractivity contribution in [3.05, 3.63) is 66.1 Å². The van der Waals surface area contributed by atoms with E-state index in [1.54, 1.807) is 18.5 Å². The van der Waals surface area contributed by atoms with Gasteiger partial charge in [-0.3, -0.25) is 4.79 Å². The van der Waals surface area contributed by atoms with Crippen LogP contribution in [0.3, 0.4) is 0 Å². The van der Waals surface area contributed by atoms with E-state index in [-0.39, 0.29) is 11.6 Å². The molecule has 1 amide bonds. The van der Waals surface area contributed by atoms with Crippen molar-refractivity contribution in [2.24, 2.45) is 0 Å². The topological polar surface area (TPSA) is 80.9 Å². The Morgan fingerprint density at radius 3 is 2.78 bits per heavy atom. The van der Waals surface area contributed by atoms with Crippen LogP contribution in [-0.4, -0.2) is 27.8 Å². The van der Waals surface area contributed by atoms with Gasteiger partial charge in [0.2, 0.25) is 0 Å². The van der Waals surface area contributed by atoms with E-state index in [4.69, 9.17) is 4.52 Å². The van der Waals surface area contributed by atoms with Crippen LogP contribution < -0.4 is 5.32 Å². The Balaban J connectivity index is 1.50. The minimum absolute atomic E-state index is 0.233. The van der Waals surface area contributed by atoms with Gasteiger partial charge in [0, 0.05) is 24.4 Å². The van der Waals surface area contributed by atoms with Crippen LogP contribution in [0.25, 0.3) is 11.3 Å². The highest BCUT2D eigenvalue weighted by molar-refractivity contribution is 5.93. The molecule has 116 valence electrons. The zero-order chi connectivity index (χ0) is 15.9. The standard InChI is InChI=1S/C17H16N4O2/c22-17(18-9-4-5-13-8-10-19-20-12-13)15-11-16(23-21-15)14-6-2-1-3-7-14/h1-3,6-8,10-12H,4-5,9H2,(H,18,22). The normalized spacial score (nSPS) is 10.4. The molecule has 0 radical (unpaired) electrons. The van der Waals surface area contributed by atoms with E-state index in [2.05, 4.69) is 20.7 Å². The minimum atomic E-state index is -0.233. The van der Waals surface area contributed by atoms with Crippen LogP contribution in [0.4, 0.5) is 0 Å². The zero-order valence-electron chi connectivity index (χ0n) is 12.5. The number of carbonyl (C=O) groups excluding carboxylic acids is 1. The van der Waals surface area contributed by atoms with E-state index in [1.165, 1.54) is 0 Å². The summed E-state index contributed by atoms with van der Waals surface area (Å²) in [5.41, 5.74) is 2.28. The lowest BCUT2D eigenvalue weighted by molar-refractivity contribution is 0.0944. The fourth-order valence-electron chi connectivity index (χ4n) is 2.17. The van der Waals surface area contributed by atoms with Crippen LogP contribution in [-0.2, 0) is 6.42 Å². The highest BCUT2D eigenvalue weighted by atomic mass is 16.5. The highest BCUT2D eigenvalue weighted by Gasteiger charge is 2.12. The summed E-state index contributed by atoms with van der Waals surface area (Å²) in [4.78, 5) is 12.0. The molecule has 0 atom stereocenters. The van der Waals surface area contributed by atoms with Crippen molar-refractivity contribution in [3.8, 4) is 11.3 Å². The Bertz CT molecular complexity index is 757. The average molecular weight is 308 g/mol. The molecule has 0 aliphatic heterocycles. The molecule has 0 unspecified atom stereocenters. The van der Waals surface area contributed by atoms with Crippen LogP contribution in [0, 0.1) is 0 Å². The van der Waals surface area contributed by atoms with E-state index < -0.39 is 0 Å². The van der Waals surface area contributed by atoms with Crippen molar-refractivity contribution in [1.82, 2.24) is 20.7 Å². The summed E-state index contributed by atoms with van der Waals surface area (Å²) in [6.45, 7) is 0.564. The molecule has 0 aliphatic carbocycles. The SMILES string of the molecule is O=C(NCCCc1ccnnc1)c1cc(-c2ccccc2)on1. The second-order valence-corrected chi connectivity index (χ2v) is 5.05. The molecule has 3 rings (SSSR count). The summed E-state index contributed by atoms with van der Waals surface area (Å²) in [5, 5.41) is 14.2. The van der Waals surface area contributed by atoms with Gasteiger partial charge in [0.05, 0.1) is 6.20 Å². The van der Waals surface area contributed by atoms with Crippen molar-refractivity contribution in [2.45, 2.75) is 12.8 Å². The molecule has 2 heterocycles. The molecule has 0 saturated heterocycles. The smallest absolute Gasteiger partial charge is 0.273 e. The third-order valence-corrected chi connectivity index (χ3v) is 3.37. The quantitative estimate of drug-likeness (QED) is 0.708. The second-order valence-electron chi connectivity index (χ2n) is 5.05. The van der Waals surface area contributed by atoms with E-state index in [9.17, 15) is 4.79 Å². The van der Waals surface area contributed by atoms with Crippen LogP contribution in [0.2, 0.25) is 0 Å². The maximum absolute atomic E-state index is 12.0. The van der Waals surface area contributed by atoms with Crippen LogP contribution in [0.15, 0.2) is 59.4 Å². The van der Waals surface area contributed by atoms with Crippen LogP contribution in [0.5, 0.6) is 0 Å². The molecule has 23 heavy (non-hydrogen) atoms. The summed E-state index contributed by atoms with van der Waals surface area (Å²) < 4.78 is 5.22. The predicted molar refractivity (Wildman–Crippen MR) is 84.6 cm³/mol.